The molecule has 0 saturated carbocycles. The molecule has 22 heavy (non-hydrogen) atoms. The number of rotatable bonds is 7. The molecule has 0 spiro atoms. The van der Waals surface area contributed by atoms with Crippen LogP contribution in [-0.4, -0.2) is 27.9 Å². The van der Waals surface area contributed by atoms with Gasteiger partial charge in [-0.05, 0) is 31.5 Å². The van der Waals surface area contributed by atoms with Crippen molar-refractivity contribution in [2.45, 2.75) is 30.6 Å². The van der Waals surface area contributed by atoms with Crippen molar-refractivity contribution in [3.05, 3.63) is 29.3 Å². The summed E-state index contributed by atoms with van der Waals surface area (Å²) in [5, 5.41) is 15.5. The number of amides is 1. The maximum Gasteiger partial charge on any atom is 0.230 e. The SMILES string of the molecule is CC[C@@H](C)NC(=O)CSc1nnc(Nc2cccc(Cl)c2)s1. The Hall–Kier alpha value is -1.31. The van der Waals surface area contributed by atoms with Gasteiger partial charge in [-0.25, -0.2) is 0 Å². The molecule has 8 heteroatoms. The standard InChI is InChI=1S/C14H17ClN4OS2/c1-3-9(2)16-12(20)8-21-14-19-18-13(22-14)17-11-6-4-5-10(15)7-11/h4-7,9H,3,8H2,1-2H3,(H,16,20)(H,17,18)/t9-/m1/s1. The van der Waals surface area contributed by atoms with Gasteiger partial charge in [-0.15, -0.1) is 10.2 Å². The predicted octanol–water partition coefficient (Wildman–Crippen LogP) is 3.94. The van der Waals surface area contributed by atoms with Gasteiger partial charge in [-0.3, -0.25) is 4.79 Å². The third kappa shape index (κ3) is 5.47. The largest absolute Gasteiger partial charge is 0.353 e. The maximum atomic E-state index is 11.7. The summed E-state index contributed by atoms with van der Waals surface area (Å²) < 4.78 is 0.754. The molecule has 2 N–H and O–H groups in total. The first kappa shape index (κ1) is 17.1. The van der Waals surface area contributed by atoms with Crippen molar-refractivity contribution in [1.82, 2.24) is 15.5 Å². The van der Waals surface area contributed by atoms with Gasteiger partial charge in [0.05, 0.1) is 5.75 Å². The Morgan fingerprint density at radius 1 is 1.45 bits per heavy atom. The Morgan fingerprint density at radius 2 is 2.27 bits per heavy atom. The zero-order valence-corrected chi connectivity index (χ0v) is 14.7. The van der Waals surface area contributed by atoms with E-state index in [0.29, 0.717) is 15.9 Å². The van der Waals surface area contributed by atoms with Crippen LogP contribution in [0.1, 0.15) is 20.3 Å². The van der Waals surface area contributed by atoms with Crippen molar-refractivity contribution in [3.8, 4) is 0 Å². The Morgan fingerprint density at radius 3 is 3.00 bits per heavy atom. The highest BCUT2D eigenvalue weighted by Gasteiger charge is 2.10. The summed E-state index contributed by atoms with van der Waals surface area (Å²) in [7, 11) is 0. The number of carbonyl (C=O) groups is 1. The summed E-state index contributed by atoms with van der Waals surface area (Å²) in [6.07, 6.45) is 0.920. The summed E-state index contributed by atoms with van der Waals surface area (Å²) in [4.78, 5) is 11.7. The smallest absolute Gasteiger partial charge is 0.230 e. The summed E-state index contributed by atoms with van der Waals surface area (Å²) in [6, 6.07) is 7.59. The highest BCUT2D eigenvalue weighted by Crippen LogP contribution is 2.28. The Kier molecular flexibility index (Phi) is 6.48. The van der Waals surface area contributed by atoms with Crippen LogP contribution in [0.15, 0.2) is 28.6 Å². The van der Waals surface area contributed by atoms with Crippen LogP contribution in [0.25, 0.3) is 0 Å². The van der Waals surface area contributed by atoms with E-state index in [1.54, 1.807) is 0 Å². The molecule has 1 aromatic heterocycles. The van der Waals surface area contributed by atoms with E-state index in [4.69, 9.17) is 11.6 Å². The van der Waals surface area contributed by atoms with Gasteiger partial charge in [0, 0.05) is 16.8 Å². The van der Waals surface area contributed by atoms with E-state index in [0.717, 1.165) is 16.4 Å². The molecule has 2 aromatic rings. The van der Waals surface area contributed by atoms with Crippen molar-refractivity contribution >= 4 is 51.4 Å². The minimum absolute atomic E-state index is 0.0129. The average molecular weight is 357 g/mol. The first-order valence-corrected chi connectivity index (χ1v) is 9.03. The molecule has 0 bridgehead atoms. The molecule has 118 valence electrons. The lowest BCUT2D eigenvalue weighted by atomic mass is 10.3. The third-order valence-corrected chi connectivity index (χ3v) is 5.04. The second-order valence-corrected chi connectivity index (χ2v) is 7.31. The molecule has 2 rings (SSSR count). The van der Waals surface area contributed by atoms with Crippen LogP contribution in [0.5, 0.6) is 0 Å². The molecule has 1 heterocycles. The van der Waals surface area contributed by atoms with Gasteiger partial charge in [0.2, 0.25) is 11.0 Å². The van der Waals surface area contributed by atoms with Crippen LogP contribution in [-0.2, 0) is 4.79 Å². The predicted molar refractivity (Wildman–Crippen MR) is 93.3 cm³/mol. The van der Waals surface area contributed by atoms with Crippen molar-refractivity contribution < 1.29 is 4.79 Å². The van der Waals surface area contributed by atoms with Crippen LogP contribution in [0.3, 0.4) is 0 Å². The molecule has 0 saturated heterocycles. The summed E-state index contributed by atoms with van der Waals surface area (Å²) in [6.45, 7) is 4.02. The first-order valence-electron chi connectivity index (χ1n) is 6.85. The third-order valence-electron chi connectivity index (χ3n) is 2.83. The number of nitrogens with zero attached hydrogens (tertiary/aromatic N) is 2. The van der Waals surface area contributed by atoms with Crippen molar-refractivity contribution in [3.63, 3.8) is 0 Å². The number of anilines is 2. The van der Waals surface area contributed by atoms with E-state index in [9.17, 15) is 4.79 Å². The molecule has 0 aliphatic carbocycles. The zero-order valence-electron chi connectivity index (χ0n) is 12.3. The van der Waals surface area contributed by atoms with Gasteiger partial charge < -0.3 is 10.6 Å². The number of halogens is 1. The van der Waals surface area contributed by atoms with Crippen molar-refractivity contribution in [2.75, 3.05) is 11.1 Å². The topological polar surface area (TPSA) is 66.9 Å². The summed E-state index contributed by atoms with van der Waals surface area (Å²) in [5.41, 5.74) is 0.856. The van der Waals surface area contributed by atoms with Crippen LogP contribution in [0.4, 0.5) is 10.8 Å². The lowest BCUT2D eigenvalue weighted by Crippen LogP contribution is -2.33. The fourth-order valence-corrected chi connectivity index (χ4v) is 3.33. The molecule has 0 unspecified atom stereocenters. The molecule has 0 aliphatic rings. The fraction of sp³-hybridized carbons (Fsp3) is 0.357. The Bertz CT molecular complexity index is 635. The first-order chi connectivity index (χ1) is 10.6. The molecular formula is C14H17ClN4OS2. The molecule has 1 aromatic carbocycles. The van der Waals surface area contributed by atoms with Crippen LogP contribution < -0.4 is 10.6 Å². The maximum absolute atomic E-state index is 11.7. The number of nitrogens with one attached hydrogen (secondary N) is 2. The number of carbonyl (C=O) groups excluding carboxylic acids is 1. The normalized spacial score (nSPS) is 12.0. The monoisotopic (exact) mass is 356 g/mol. The minimum Gasteiger partial charge on any atom is -0.353 e. The van der Waals surface area contributed by atoms with Crippen LogP contribution >= 0.6 is 34.7 Å². The van der Waals surface area contributed by atoms with Crippen molar-refractivity contribution in [2.24, 2.45) is 0 Å². The molecule has 1 amide bonds. The van der Waals surface area contributed by atoms with Gasteiger partial charge in [0.1, 0.15) is 0 Å². The number of thioether (sulfide) groups is 1. The quantitative estimate of drug-likeness (QED) is 0.735. The number of hydrogen-bond acceptors (Lipinski definition) is 6. The number of benzene rings is 1. The highest BCUT2D eigenvalue weighted by molar-refractivity contribution is 8.01. The molecule has 0 radical (unpaired) electrons. The number of aromatic nitrogens is 2. The summed E-state index contributed by atoms with van der Waals surface area (Å²) >= 11 is 8.72. The van der Waals surface area contributed by atoms with Gasteiger partial charge in [-0.1, -0.05) is 47.7 Å². The van der Waals surface area contributed by atoms with E-state index in [1.807, 2.05) is 38.1 Å². The second-order valence-electron chi connectivity index (χ2n) is 4.67. The lowest BCUT2D eigenvalue weighted by molar-refractivity contribution is -0.119. The van der Waals surface area contributed by atoms with Gasteiger partial charge in [0.25, 0.3) is 0 Å². The lowest BCUT2D eigenvalue weighted by Gasteiger charge is -2.09. The van der Waals surface area contributed by atoms with Gasteiger partial charge in [-0.2, -0.15) is 0 Å². The second kappa shape index (κ2) is 8.36. The van der Waals surface area contributed by atoms with E-state index in [1.165, 1.54) is 23.1 Å². The molecule has 0 aliphatic heterocycles. The highest BCUT2D eigenvalue weighted by atomic mass is 35.5. The average Bonchev–Trinajstić information content (AvgIpc) is 2.92. The molecule has 5 nitrogen and oxygen atoms in total. The van der Waals surface area contributed by atoms with Crippen molar-refractivity contribution in [1.29, 1.82) is 0 Å². The van der Waals surface area contributed by atoms with E-state index >= 15 is 0 Å². The Balaban J connectivity index is 1.85. The number of hydrogen-bond donors (Lipinski definition) is 2. The van der Waals surface area contributed by atoms with E-state index in [-0.39, 0.29) is 11.9 Å². The van der Waals surface area contributed by atoms with Crippen LogP contribution in [0, 0.1) is 0 Å². The van der Waals surface area contributed by atoms with E-state index < -0.39 is 0 Å². The van der Waals surface area contributed by atoms with Gasteiger partial charge >= 0.3 is 0 Å². The summed E-state index contributed by atoms with van der Waals surface area (Å²) in [5.74, 6) is 0.356. The molecule has 1 atom stereocenters. The minimum atomic E-state index is 0.0129. The van der Waals surface area contributed by atoms with Gasteiger partial charge in [0.15, 0.2) is 4.34 Å². The van der Waals surface area contributed by atoms with Crippen LogP contribution in [0.2, 0.25) is 5.02 Å². The Labute approximate surface area is 142 Å². The van der Waals surface area contributed by atoms with E-state index in [2.05, 4.69) is 20.8 Å². The molecular weight excluding hydrogens is 340 g/mol. The molecule has 0 fully saturated rings. The fourth-order valence-electron chi connectivity index (χ4n) is 1.55. The zero-order chi connectivity index (χ0) is 15.9.